The molecule has 5 nitrogen and oxygen atoms in total. The molecule has 0 aliphatic rings. The quantitative estimate of drug-likeness (QED) is 0.456. The maximum atomic E-state index is 13.5. The number of fused-ring (bicyclic) bond motifs is 1. The number of nitrogens with one attached hydrogen (secondary N) is 1. The van der Waals surface area contributed by atoms with E-state index in [1.807, 2.05) is 0 Å². The Balaban J connectivity index is 1.78. The van der Waals surface area contributed by atoms with Gasteiger partial charge < -0.3 is 4.98 Å². The van der Waals surface area contributed by atoms with Gasteiger partial charge in [-0.05, 0) is 12.1 Å². The van der Waals surface area contributed by atoms with Crippen LogP contribution in [0.4, 0.5) is 8.78 Å². The number of Topliss-reactive ketones (excluding diaryl/α,β-unsaturated/α-hetero) is 1. The molecule has 1 aromatic carbocycles. The minimum atomic E-state index is -0.866. The molecule has 0 saturated heterocycles. The lowest BCUT2D eigenvalue weighted by Gasteiger charge is -2.03. The third kappa shape index (κ3) is 2.75. The summed E-state index contributed by atoms with van der Waals surface area (Å²) in [5, 5.41) is 0.549. The summed E-state index contributed by atoms with van der Waals surface area (Å²) in [4.78, 5) is 26.8. The van der Waals surface area contributed by atoms with Crippen molar-refractivity contribution in [1.29, 1.82) is 0 Å². The number of carbonyl (C=O) groups is 1. The number of carbonyl (C=O) groups excluding carboxylic acids is 1. The predicted octanol–water partition coefficient (Wildman–Crippen LogP) is 2.61. The Bertz CT molecular complexity index is 821. The molecule has 0 atom stereocenters. The Morgan fingerprint density at radius 2 is 2.10 bits per heavy atom. The van der Waals surface area contributed by atoms with Crippen LogP contribution in [0, 0.1) is 11.6 Å². The number of hydrogen-bond acceptors (Lipinski definition) is 5. The molecular weight excluding hydrogens is 298 g/mol. The number of thioether (sulfide) groups is 1. The summed E-state index contributed by atoms with van der Waals surface area (Å²) < 4.78 is 26.3. The molecule has 0 bridgehead atoms. The van der Waals surface area contributed by atoms with Crippen molar-refractivity contribution in [2.45, 2.75) is 5.03 Å². The second kappa shape index (κ2) is 5.57. The van der Waals surface area contributed by atoms with Crippen LogP contribution in [0.3, 0.4) is 0 Å². The fraction of sp³-hybridized carbons (Fsp3) is 0.0769. The summed E-state index contributed by atoms with van der Waals surface area (Å²) in [6, 6.07) is 2.88. The van der Waals surface area contributed by atoms with E-state index in [1.165, 1.54) is 12.7 Å². The van der Waals surface area contributed by atoms with Crippen molar-refractivity contribution >= 4 is 28.7 Å². The molecule has 3 rings (SSSR count). The number of halogens is 2. The topological polar surface area (TPSA) is 71.5 Å². The molecule has 1 N–H and O–H groups in total. The van der Waals surface area contributed by atoms with Crippen LogP contribution in [0.25, 0.3) is 11.2 Å². The SMILES string of the molecule is O=C(CSc1ncnc2nc[nH]c12)c1ccc(F)cc1F. The summed E-state index contributed by atoms with van der Waals surface area (Å²) in [5.41, 5.74) is 0.974. The highest BCUT2D eigenvalue weighted by Gasteiger charge is 2.14. The first-order chi connectivity index (χ1) is 10.1. The first kappa shape index (κ1) is 13.6. The van der Waals surface area contributed by atoms with Crippen molar-refractivity contribution in [3.63, 3.8) is 0 Å². The van der Waals surface area contributed by atoms with Crippen molar-refractivity contribution in [2.24, 2.45) is 0 Å². The van der Waals surface area contributed by atoms with Gasteiger partial charge in [0.2, 0.25) is 0 Å². The number of H-pyrrole nitrogens is 1. The van der Waals surface area contributed by atoms with E-state index in [1.54, 1.807) is 0 Å². The van der Waals surface area contributed by atoms with Crippen molar-refractivity contribution < 1.29 is 13.6 Å². The highest BCUT2D eigenvalue weighted by Crippen LogP contribution is 2.23. The third-order valence-electron chi connectivity index (χ3n) is 2.76. The van der Waals surface area contributed by atoms with E-state index in [0.29, 0.717) is 22.3 Å². The number of rotatable bonds is 4. The zero-order valence-corrected chi connectivity index (χ0v) is 11.3. The van der Waals surface area contributed by atoms with E-state index in [0.717, 1.165) is 23.9 Å². The van der Waals surface area contributed by atoms with Crippen molar-refractivity contribution in [3.8, 4) is 0 Å². The first-order valence-corrected chi connectivity index (χ1v) is 6.89. The first-order valence-electron chi connectivity index (χ1n) is 5.90. The Kier molecular flexibility index (Phi) is 3.61. The number of aromatic nitrogens is 4. The fourth-order valence-electron chi connectivity index (χ4n) is 1.78. The smallest absolute Gasteiger partial charge is 0.181 e. The van der Waals surface area contributed by atoms with Crippen molar-refractivity contribution in [2.75, 3.05) is 5.75 Å². The van der Waals surface area contributed by atoms with E-state index in [2.05, 4.69) is 19.9 Å². The molecule has 0 aliphatic carbocycles. The van der Waals surface area contributed by atoms with E-state index in [-0.39, 0.29) is 11.3 Å². The molecule has 21 heavy (non-hydrogen) atoms. The lowest BCUT2D eigenvalue weighted by Crippen LogP contribution is -2.06. The molecule has 0 fully saturated rings. The van der Waals surface area contributed by atoms with E-state index >= 15 is 0 Å². The number of nitrogens with zero attached hydrogens (tertiary/aromatic N) is 3. The minimum absolute atomic E-state index is 0.0202. The molecule has 0 spiro atoms. The summed E-state index contributed by atoms with van der Waals surface area (Å²) in [7, 11) is 0. The standard InChI is InChI=1S/C13H8F2N4OS/c14-7-1-2-8(9(15)3-7)10(20)4-21-13-11-12(17-5-16-11)18-6-19-13/h1-3,5-6H,4H2,(H,16,17,18,19). The molecular formula is C13H8F2N4OS. The van der Waals surface area contributed by atoms with Crippen LogP contribution in [0.2, 0.25) is 0 Å². The second-order valence-electron chi connectivity index (χ2n) is 4.12. The van der Waals surface area contributed by atoms with Gasteiger partial charge in [0.25, 0.3) is 0 Å². The number of imidazole rings is 1. The molecule has 3 aromatic rings. The number of ketones is 1. The highest BCUT2D eigenvalue weighted by atomic mass is 32.2. The maximum absolute atomic E-state index is 13.5. The average molecular weight is 306 g/mol. The number of aromatic amines is 1. The van der Waals surface area contributed by atoms with Gasteiger partial charge in [-0.1, -0.05) is 11.8 Å². The number of hydrogen-bond donors (Lipinski definition) is 1. The van der Waals surface area contributed by atoms with E-state index < -0.39 is 17.4 Å². The van der Waals surface area contributed by atoms with Crippen LogP contribution in [0.15, 0.2) is 35.9 Å². The normalized spacial score (nSPS) is 11.0. The lowest BCUT2D eigenvalue weighted by molar-refractivity contribution is 0.101. The molecule has 8 heteroatoms. The maximum Gasteiger partial charge on any atom is 0.181 e. The van der Waals surface area contributed by atoms with Crippen LogP contribution >= 0.6 is 11.8 Å². The molecule has 2 aromatic heterocycles. The van der Waals surface area contributed by atoms with Gasteiger partial charge in [0.1, 0.15) is 28.5 Å². The van der Waals surface area contributed by atoms with Crippen LogP contribution < -0.4 is 0 Å². The monoisotopic (exact) mass is 306 g/mol. The predicted molar refractivity (Wildman–Crippen MR) is 73.1 cm³/mol. The van der Waals surface area contributed by atoms with Gasteiger partial charge in [-0.2, -0.15) is 0 Å². The molecule has 0 unspecified atom stereocenters. The average Bonchev–Trinajstić information content (AvgIpc) is 2.93. The lowest BCUT2D eigenvalue weighted by atomic mass is 10.1. The Hall–Kier alpha value is -2.35. The van der Waals surface area contributed by atoms with Gasteiger partial charge in [0.15, 0.2) is 11.4 Å². The fourth-order valence-corrected chi connectivity index (χ4v) is 2.62. The second-order valence-corrected chi connectivity index (χ2v) is 5.08. The summed E-state index contributed by atoms with van der Waals surface area (Å²) in [6.07, 6.45) is 2.82. The molecule has 2 heterocycles. The van der Waals surface area contributed by atoms with Gasteiger partial charge in [-0.15, -0.1) is 0 Å². The van der Waals surface area contributed by atoms with Gasteiger partial charge in [0.05, 0.1) is 17.6 Å². The van der Waals surface area contributed by atoms with Gasteiger partial charge in [0, 0.05) is 6.07 Å². The molecule has 0 radical (unpaired) electrons. The zero-order chi connectivity index (χ0) is 14.8. The third-order valence-corrected chi connectivity index (χ3v) is 3.75. The minimum Gasteiger partial charge on any atom is -0.341 e. The van der Waals surface area contributed by atoms with Crippen LogP contribution in [0.1, 0.15) is 10.4 Å². The van der Waals surface area contributed by atoms with Crippen molar-refractivity contribution in [3.05, 3.63) is 48.1 Å². The van der Waals surface area contributed by atoms with Gasteiger partial charge in [-0.25, -0.2) is 23.7 Å². The summed E-state index contributed by atoms with van der Waals surface area (Å²) in [6.45, 7) is 0. The molecule has 0 saturated carbocycles. The Morgan fingerprint density at radius 1 is 1.24 bits per heavy atom. The summed E-state index contributed by atoms with van der Waals surface area (Å²) >= 11 is 1.14. The highest BCUT2D eigenvalue weighted by molar-refractivity contribution is 8.00. The summed E-state index contributed by atoms with van der Waals surface area (Å²) in [5.74, 6) is -2.04. The van der Waals surface area contributed by atoms with Crippen LogP contribution in [0.5, 0.6) is 0 Å². The van der Waals surface area contributed by atoms with E-state index in [4.69, 9.17) is 0 Å². The van der Waals surface area contributed by atoms with Gasteiger partial charge in [-0.3, -0.25) is 4.79 Å². The molecule has 0 amide bonds. The molecule has 0 aliphatic heterocycles. The number of benzene rings is 1. The van der Waals surface area contributed by atoms with Crippen LogP contribution in [-0.2, 0) is 0 Å². The largest absolute Gasteiger partial charge is 0.341 e. The van der Waals surface area contributed by atoms with Gasteiger partial charge >= 0.3 is 0 Å². The zero-order valence-electron chi connectivity index (χ0n) is 10.5. The van der Waals surface area contributed by atoms with Crippen molar-refractivity contribution in [1.82, 2.24) is 19.9 Å². The van der Waals surface area contributed by atoms with Crippen LogP contribution in [-0.4, -0.2) is 31.5 Å². The molecule has 106 valence electrons. The Morgan fingerprint density at radius 3 is 2.90 bits per heavy atom. The van der Waals surface area contributed by atoms with E-state index in [9.17, 15) is 13.6 Å². The Labute approximate surface area is 121 Å².